The van der Waals surface area contributed by atoms with Crippen LogP contribution in [0.25, 0.3) is 0 Å². The summed E-state index contributed by atoms with van der Waals surface area (Å²) >= 11 is 0. The molecule has 1 aromatic rings. The Hall–Kier alpha value is -2.56. The van der Waals surface area contributed by atoms with Crippen molar-refractivity contribution in [3.63, 3.8) is 0 Å². The SMILES string of the molecule is C=CCN(CC=C)C(=O)CCN1C(=O)C(C)(C)Oc2ccc(C)cc21. The molecule has 0 fully saturated rings. The first-order chi connectivity index (χ1) is 11.8. The van der Waals surface area contributed by atoms with E-state index in [-0.39, 0.29) is 18.2 Å². The van der Waals surface area contributed by atoms with Gasteiger partial charge in [-0.05, 0) is 38.5 Å². The summed E-state index contributed by atoms with van der Waals surface area (Å²) in [4.78, 5) is 28.6. The molecule has 0 atom stereocenters. The van der Waals surface area contributed by atoms with Gasteiger partial charge in [0.15, 0.2) is 5.60 Å². The Kier molecular flexibility index (Phi) is 5.67. The average Bonchev–Trinajstić information content (AvgIpc) is 2.55. The maximum atomic E-state index is 12.8. The van der Waals surface area contributed by atoms with E-state index in [2.05, 4.69) is 13.2 Å². The minimum absolute atomic E-state index is 0.0360. The number of carbonyl (C=O) groups is 2. The summed E-state index contributed by atoms with van der Waals surface area (Å²) in [6.45, 7) is 14.0. The van der Waals surface area contributed by atoms with E-state index in [1.54, 1.807) is 35.8 Å². The molecule has 134 valence electrons. The summed E-state index contributed by atoms with van der Waals surface area (Å²) in [7, 11) is 0. The van der Waals surface area contributed by atoms with E-state index in [0.29, 0.717) is 25.4 Å². The van der Waals surface area contributed by atoms with E-state index in [1.807, 2.05) is 25.1 Å². The van der Waals surface area contributed by atoms with Crippen molar-refractivity contribution >= 4 is 17.5 Å². The van der Waals surface area contributed by atoms with Crippen molar-refractivity contribution < 1.29 is 14.3 Å². The molecular weight excluding hydrogens is 316 g/mol. The highest BCUT2D eigenvalue weighted by Crippen LogP contribution is 2.38. The fourth-order valence-electron chi connectivity index (χ4n) is 2.86. The van der Waals surface area contributed by atoms with E-state index in [4.69, 9.17) is 4.74 Å². The van der Waals surface area contributed by atoms with Crippen LogP contribution in [-0.4, -0.2) is 41.9 Å². The fraction of sp³-hybridized carbons (Fsp3) is 0.400. The predicted octanol–water partition coefficient (Wildman–Crippen LogP) is 3.09. The number of amides is 2. The summed E-state index contributed by atoms with van der Waals surface area (Å²) in [6, 6.07) is 5.73. The molecule has 2 rings (SSSR count). The molecule has 0 radical (unpaired) electrons. The zero-order chi connectivity index (χ0) is 18.6. The Bertz CT molecular complexity index is 684. The zero-order valence-corrected chi connectivity index (χ0v) is 15.2. The van der Waals surface area contributed by atoms with Gasteiger partial charge in [0.25, 0.3) is 5.91 Å². The van der Waals surface area contributed by atoms with Crippen LogP contribution in [-0.2, 0) is 9.59 Å². The third-order valence-electron chi connectivity index (χ3n) is 4.13. The maximum absolute atomic E-state index is 12.8. The Morgan fingerprint density at radius 1 is 1.28 bits per heavy atom. The number of hydrogen-bond donors (Lipinski definition) is 0. The van der Waals surface area contributed by atoms with E-state index >= 15 is 0 Å². The van der Waals surface area contributed by atoms with Gasteiger partial charge in [0, 0.05) is 26.1 Å². The van der Waals surface area contributed by atoms with Crippen molar-refractivity contribution in [2.75, 3.05) is 24.5 Å². The topological polar surface area (TPSA) is 49.9 Å². The lowest BCUT2D eigenvalue weighted by Gasteiger charge is -2.39. The largest absolute Gasteiger partial charge is 0.476 e. The molecule has 0 saturated heterocycles. The number of anilines is 1. The van der Waals surface area contributed by atoms with Gasteiger partial charge in [0.2, 0.25) is 5.91 Å². The van der Waals surface area contributed by atoms with Crippen LogP contribution >= 0.6 is 0 Å². The summed E-state index contributed by atoms with van der Waals surface area (Å²) in [5.41, 5.74) is 0.801. The van der Waals surface area contributed by atoms with Crippen molar-refractivity contribution in [3.8, 4) is 5.75 Å². The molecule has 0 aliphatic carbocycles. The van der Waals surface area contributed by atoms with Crippen LogP contribution in [0.3, 0.4) is 0 Å². The van der Waals surface area contributed by atoms with Crippen LogP contribution in [0.15, 0.2) is 43.5 Å². The Morgan fingerprint density at radius 3 is 2.52 bits per heavy atom. The van der Waals surface area contributed by atoms with Gasteiger partial charge in [-0.3, -0.25) is 9.59 Å². The second-order valence-corrected chi connectivity index (χ2v) is 6.67. The second kappa shape index (κ2) is 7.55. The van der Waals surface area contributed by atoms with Gasteiger partial charge in [0.05, 0.1) is 5.69 Å². The first kappa shape index (κ1) is 18.8. The molecule has 1 heterocycles. The average molecular weight is 342 g/mol. The van der Waals surface area contributed by atoms with Crippen molar-refractivity contribution in [2.24, 2.45) is 0 Å². The molecule has 1 aromatic carbocycles. The summed E-state index contributed by atoms with van der Waals surface area (Å²) in [6.07, 6.45) is 3.60. The highest BCUT2D eigenvalue weighted by Gasteiger charge is 2.40. The first-order valence-electron chi connectivity index (χ1n) is 8.41. The third kappa shape index (κ3) is 4.10. The lowest BCUT2D eigenvalue weighted by molar-refractivity contribution is -0.133. The Labute approximate surface area is 149 Å². The molecule has 1 aliphatic rings. The minimum Gasteiger partial charge on any atom is -0.476 e. The first-order valence-corrected chi connectivity index (χ1v) is 8.41. The Morgan fingerprint density at radius 2 is 1.92 bits per heavy atom. The van der Waals surface area contributed by atoms with E-state index in [0.717, 1.165) is 11.3 Å². The molecule has 2 amide bonds. The van der Waals surface area contributed by atoms with Crippen molar-refractivity contribution in [3.05, 3.63) is 49.1 Å². The van der Waals surface area contributed by atoms with Crippen LogP contribution in [0.2, 0.25) is 0 Å². The highest BCUT2D eigenvalue weighted by atomic mass is 16.5. The van der Waals surface area contributed by atoms with Crippen LogP contribution in [0.1, 0.15) is 25.8 Å². The van der Waals surface area contributed by atoms with Crippen LogP contribution in [0.5, 0.6) is 5.75 Å². The van der Waals surface area contributed by atoms with E-state index < -0.39 is 5.60 Å². The molecular formula is C20H26N2O3. The third-order valence-corrected chi connectivity index (χ3v) is 4.13. The number of rotatable bonds is 7. The number of ether oxygens (including phenoxy) is 1. The number of fused-ring (bicyclic) bond motifs is 1. The number of aryl methyl sites for hydroxylation is 1. The smallest absolute Gasteiger partial charge is 0.270 e. The van der Waals surface area contributed by atoms with Gasteiger partial charge < -0.3 is 14.5 Å². The molecule has 0 aromatic heterocycles. The normalized spacial score (nSPS) is 15.2. The second-order valence-electron chi connectivity index (χ2n) is 6.67. The quantitative estimate of drug-likeness (QED) is 0.716. The van der Waals surface area contributed by atoms with Gasteiger partial charge >= 0.3 is 0 Å². The molecule has 0 N–H and O–H groups in total. The van der Waals surface area contributed by atoms with Crippen molar-refractivity contribution in [1.82, 2.24) is 4.90 Å². The maximum Gasteiger partial charge on any atom is 0.270 e. The summed E-state index contributed by atoms with van der Waals surface area (Å²) < 4.78 is 5.84. The van der Waals surface area contributed by atoms with Crippen molar-refractivity contribution in [2.45, 2.75) is 32.8 Å². The van der Waals surface area contributed by atoms with Crippen LogP contribution in [0, 0.1) is 6.92 Å². The predicted molar refractivity (Wildman–Crippen MR) is 99.8 cm³/mol. The van der Waals surface area contributed by atoms with Gasteiger partial charge in [0.1, 0.15) is 5.75 Å². The lowest BCUT2D eigenvalue weighted by atomic mass is 10.0. The summed E-state index contributed by atoms with van der Waals surface area (Å²) in [5, 5.41) is 0. The molecule has 5 heteroatoms. The zero-order valence-electron chi connectivity index (χ0n) is 15.2. The highest BCUT2D eigenvalue weighted by molar-refractivity contribution is 6.02. The summed E-state index contributed by atoms with van der Waals surface area (Å²) in [5.74, 6) is 0.486. The lowest BCUT2D eigenvalue weighted by Crippen LogP contribution is -2.53. The molecule has 25 heavy (non-hydrogen) atoms. The van der Waals surface area contributed by atoms with E-state index in [1.165, 1.54) is 0 Å². The van der Waals surface area contributed by atoms with Gasteiger partial charge in [-0.1, -0.05) is 18.2 Å². The van der Waals surface area contributed by atoms with Crippen molar-refractivity contribution in [1.29, 1.82) is 0 Å². The molecule has 1 aliphatic heterocycles. The number of nitrogens with zero attached hydrogens (tertiary/aromatic N) is 2. The molecule has 0 saturated carbocycles. The standard InChI is InChI=1S/C20H26N2O3/c1-6-11-21(12-7-2)18(23)10-13-22-16-14-15(3)8-9-17(16)25-20(4,5)19(22)24/h6-9,14H,1-2,10-13H2,3-5H3. The number of benzene rings is 1. The van der Waals surface area contributed by atoms with Gasteiger partial charge in [-0.25, -0.2) is 0 Å². The minimum atomic E-state index is -0.951. The van der Waals surface area contributed by atoms with Gasteiger partial charge in [-0.15, -0.1) is 13.2 Å². The fourth-order valence-corrected chi connectivity index (χ4v) is 2.86. The van der Waals surface area contributed by atoms with E-state index in [9.17, 15) is 9.59 Å². The molecule has 0 bridgehead atoms. The number of carbonyl (C=O) groups excluding carboxylic acids is 2. The van der Waals surface area contributed by atoms with Crippen LogP contribution in [0.4, 0.5) is 5.69 Å². The van der Waals surface area contributed by atoms with Gasteiger partial charge in [-0.2, -0.15) is 0 Å². The molecule has 0 spiro atoms. The monoisotopic (exact) mass is 342 g/mol. The molecule has 5 nitrogen and oxygen atoms in total. The van der Waals surface area contributed by atoms with Crippen LogP contribution < -0.4 is 9.64 Å². The molecule has 0 unspecified atom stereocenters. The Balaban J connectivity index is 2.21. The number of hydrogen-bond acceptors (Lipinski definition) is 3.